The van der Waals surface area contributed by atoms with Crippen LogP contribution in [0.4, 0.5) is 5.69 Å². The van der Waals surface area contributed by atoms with Crippen molar-refractivity contribution in [3.63, 3.8) is 0 Å². The van der Waals surface area contributed by atoms with Gasteiger partial charge in [-0.05, 0) is 43.2 Å². The van der Waals surface area contributed by atoms with E-state index in [1.807, 2.05) is 45.0 Å². The highest BCUT2D eigenvalue weighted by atomic mass is 16.5. The summed E-state index contributed by atoms with van der Waals surface area (Å²) in [5.74, 6) is 0.320. The van der Waals surface area contributed by atoms with Crippen molar-refractivity contribution in [1.29, 1.82) is 0 Å². The number of hydrogen-bond acceptors (Lipinski definition) is 5. The topological polar surface area (TPSA) is 89.6 Å². The minimum absolute atomic E-state index is 0.112. The van der Waals surface area contributed by atoms with Gasteiger partial charge in [-0.15, -0.1) is 0 Å². The first-order valence-electron chi connectivity index (χ1n) is 10.8. The molecule has 2 N–H and O–H groups in total. The molecule has 1 aromatic heterocycles. The Balaban J connectivity index is 1.71. The minimum Gasteiger partial charge on any atom is -0.493 e. The Morgan fingerprint density at radius 1 is 1.03 bits per heavy atom. The lowest BCUT2D eigenvalue weighted by molar-refractivity contribution is -0.118. The van der Waals surface area contributed by atoms with Gasteiger partial charge in [-0.1, -0.05) is 37.6 Å². The van der Waals surface area contributed by atoms with E-state index in [9.17, 15) is 9.59 Å². The first kappa shape index (κ1) is 23.8. The van der Waals surface area contributed by atoms with Gasteiger partial charge in [0, 0.05) is 35.3 Å². The van der Waals surface area contributed by atoms with Crippen LogP contribution in [0.15, 0.2) is 67.0 Å². The van der Waals surface area contributed by atoms with Crippen molar-refractivity contribution in [1.82, 2.24) is 10.3 Å². The molecule has 3 aromatic rings. The molecule has 7 heteroatoms. The average Bonchev–Trinajstić information content (AvgIpc) is 2.82. The molecule has 0 aliphatic carbocycles. The Morgan fingerprint density at radius 2 is 1.79 bits per heavy atom. The second-order valence-electron chi connectivity index (χ2n) is 8.07. The third-order valence-electron chi connectivity index (χ3n) is 5.10. The monoisotopic (exact) mass is 447 g/mol. The van der Waals surface area contributed by atoms with Crippen LogP contribution in [0.3, 0.4) is 0 Å². The van der Waals surface area contributed by atoms with Crippen molar-refractivity contribution in [2.75, 3.05) is 12.4 Å². The van der Waals surface area contributed by atoms with Crippen molar-refractivity contribution < 1.29 is 19.1 Å². The largest absolute Gasteiger partial charge is 0.493 e. The van der Waals surface area contributed by atoms with Gasteiger partial charge in [0.05, 0.1) is 7.11 Å². The summed E-state index contributed by atoms with van der Waals surface area (Å²) in [6, 6.07) is 15.4. The molecule has 1 atom stereocenters. The summed E-state index contributed by atoms with van der Waals surface area (Å²) >= 11 is 0. The number of hydrogen-bond donors (Lipinski definition) is 2. The standard InChI is InChI=1S/C26H29N3O4/c1-17(2)24(29-25(30)20-9-7-18(3)8-10-20)26(31)28-21-11-12-22(32-4)23(14-21)33-16-19-6-5-13-27-15-19/h5-15,17,24H,16H2,1-4H3,(H,28,31)(H,29,30). The molecule has 0 fully saturated rings. The zero-order valence-corrected chi connectivity index (χ0v) is 19.3. The van der Waals surface area contributed by atoms with Crippen LogP contribution in [0.1, 0.15) is 35.3 Å². The van der Waals surface area contributed by atoms with E-state index < -0.39 is 6.04 Å². The molecule has 0 bridgehead atoms. The number of methoxy groups -OCH3 is 1. The summed E-state index contributed by atoms with van der Waals surface area (Å²) in [4.78, 5) is 29.7. The van der Waals surface area contributed by atoms with Crippen molar-refractivity contribution in [3.05, 3.63) is 83.7 Å². The summed E-state index contributed by atoms with van der Waals surface area (Å²) in [6.07, 6.45) is 3.42. The molecule has 0 radical (unpaired) electrons. The molecule has 3 rings (SSSR count). The molecule has 33 heavy (non-hydrogen) atoms. The van der Waals surface area contributed by atoms with Crippen LogP contribution in [-0.4, -0.2) is 29.9 Å². The number of aryl methyl sites for hydroxylation is 1. The highest BCUT2D eigenvalue weighted by Crippen LogP contribution is 2.31. The van der Waals surface area contributed by atoms with E-state index >= 15 is 0 Å². The van der Waals surface area contributed by atoms with Crippen molar-refractivity contribution in [2.24, 2.45) is 5.92 Å². The maximum Gasteiger partial charge on any atom is 0.251 e. The maximum absolute atomic E-state index is 13.0. The van der Waals surface area contributed by atoms with Crippen LogP contribution in [-0.2, 0) is 11.4 Å². The molecule has 2 amide bonds. The fraction of sp³-hybridized carbons (Fsp3) is 0.269. The number of amides is 2. The normalized spacial score (nSPS) is 11.5. The first-order chi connectivity index (χ1) is 15.9. The number of carbonyl (C=O) groups is 2. The molecule has 7 nitrogen and oxygen atoms in total. The van der Waals surface area contributed by atoms with Gasteiger partial charge < -0.3 is 20.1 Å². The number of nitrogens with one attached hydrogen (secondary N) is 2. The quantitative estimate of drug-likeness (QED) is 0.508. The molecule has 2 aromatic carbocycles. The van der Waals surface area contributed by atoms with Gasteiger partial charge in [0.1, 0.15) is 12.6 Å². The van der Waals surface area contributed by atoms with Crippen molar-refractivity contribution >= 4 is 17.5 Å². The number of aromatic nitrogens is 1. The van der Waals surface area contributed by atoms with Crippen LogP contribution in [0.25, 0.3) is 0 Å². The summed E-state index contributed by atoms with van der Waals surface area (Å²) in [5, 5.41) is 5.72. The average molecular weight is 448 g/mol. The molecule has 0 aliphatic rings. The fourth-order valence-electron chi connectivity index (χ4n) is 3.20. The second-order valence-corrected chi connectivity index (χ2v) is 8.07. The number of pyridine rings is 1. The predicted octanol–water partition coefficient (Wildman–Crippen LogP) is 4.37. The van der Waals surface area contributed by atoms with E-state index in [0.29, 0.717) is 29.4 Å². The van der Waals surface area contributed by atoms with Gasteiger partial charge in [0.15, 0.2) is 11.5 Å². The summed E-state index contributed by atoms with van der Waals surface area (Å²) in [7, 11) is 1.56. The Kier molecular flexibility index (Phi) is 8.02. The third kappa shape index (κ3) is 6.55. The number of anilines is 1. The SMILES string of the molecule is COc1ccc(NC(=O)C(NC(=O)c2ccc(C)cc2)C(C)C)cc1OCc1cccnc1. The minimum atomic E-state index is -0.708. The first-order valence-corrected chi connectivity index (χ1v) is 10.8. The number of carbonyl (C=O) groups excluding carboxylic acids is 2. The molecule has 0 saturated heterocycles. The second kappa shape index (κ2) is 11.1. The van der Waals surface area contributed by atoms with Gasteiger partial charge >= 0.3 is 0 Å². The third-order valence-corrected chi connectivity index (χ3v) is 5.10. The van der Waals surface area contributed by atoms with Crippen molar-refractivity contribution in [2.45, 2.75) is 33.4 Å². The maximum atomic E-state index is 13.0. The van der Waals surface area contributed by atoms with E-state index in [1.165, 1.54) is 0 Å². The lowest BCUT2D eigenvalue weighted by atomic mass is 10.0. The Morgan fingerprint density at radius 3 is 2.42 bits per heavy atom. The molecular formula is C26H29N3O4. The van der Waals surface area contributed by atoms with E-state index in [2.05, 4.69) is 15.6 Å². The number of rotatable bonds is 9. The van der Waals surface area contributed by atoms with Crippen molar-refractivity contribution in [3.8, 4) is 11.5 Å². The fourth-order valence-corrected chi connectivity index (χ4v) is 3.20. The number of nitrogens with zero attached hydrogens (tertiary/aromatic N) is 1. The van der Waals surface area contributed by atoms with Crippen LogP contribution in [0, 0.1) is 12.8 Å². The molecule has 1 heterocycles. The van der Waals surface area contributed by atoms with E-state index in [0.717, 1.165) is 11.1 Å². The lowest BCUT2D eigenvalue weighted by Gasteiger charge is -2.22. The summed E-state index contributed by atoms with van der Waals surface area (Å²) in [6.45, 7) is 6.03. The van der Waals surface area contributed by atoms with Crippen LogP contribution < -0.4 is 20.1 Å². The molecule has 1 unspecified atom stereocenters. The zero-order valence-electron chi connectivity index (χ0n) is 19.3. The predicted molar refractivity (Wildman–Crippen MR) is 127 cm³/mol. The molecular weight excluding hydrogens is 418 g/mol. The smallest absolute Gasteiger partial charge is 0.251 e. The number of benzene rings is 2. The Hall–Kier alpha value is -3.87. The van der Waals surface area contributed by atoms with E-state index in [-0.39, 0.29) is 17.7 Å². The molecule has 172 valence electrons. The van der Waals surface area contributed by atoms with Crippen LogP contribution >= 0.6 is 0 Å². The summed E-state index contributed by atoms with van der Waals surface area (Å²) in [5.41, 5.74) is 3.02. The molecule has 0 saturated carbocycles. The van der Waals surface area contributed by atoms with Crippen LogP contribution in [0.5, 0.6) is 11.5 Å². The van der Waals surface area contributed by atoms with Crippen LogP contribution in [0.2, 0.25) is 0 Å². The van der Waals surface area contributed by atoms with Gasteiger partial charge in [-0.3, -0.25) is 14.6 Å². The summed E-state index contributed by atoms with van der Waals surface area (Å²) < 4.78 is 11.3. The van der Waals surface area contributed by atoms with E-state index in [1.54, 1.807) is 49.8 Å². The van der Waals surface area contributed by atoms with Gasteiger partial charge in [0.2, 0.25) is 5.91 Å². The highest BCUT2D eigenvalue weighted by molar-refractivity contribution is 6.01. The Bertz CT molecular complexity index is 1080. The molecule has 0 spiro atoms. The van der Waals surface area contributed by atoms with E-state index in [4.69, 9.17) is 9.47 Å². The van der Waals surface area contributed by atoms with Gasteiger partial charge in [-0.25, -0.2) is 0 Å². The number of ether oxygens (including phenoxy) is 2. The highest BCUT2D eigenvalue weighted by Gasteiger charge is 2.25. The zero-order chi connectivity index (χ0) is 23.8. The van der Waals surface area contributed by atoms with Gasteiger partial charge in [-0.2, -0.15) is 0 Å². The van der Waals surface area contributed by atoms with Gasteiger partial charge in [0.25, 0.3) is 5.91 Å². The molecule has 0 aliphatic heterocycles. The lowest BCUT2D eigenvalue weighted by Crippen LogP contribution is -2.47. The Labute approximate surface area is 194 Å².